The molecule has 0 aliphatic heterocycles. The van der Waals surface area contributed by atoms with Gasteiger partial charge in [0.2, 0.25) is 0 Å². The molecule has 0 aliphatic rings. The van der Waals surface area contributed by atoms with Crippen molar-refractivity contribution in [1.82, 2.24) is 9.97 Å². The summed E-state index contributed by atoms with van der Waals surface area (Å²) in [6.45, 7) is 4.78. The first-order valence-corrected chi connectivity index (χ1v) is 4.97. The maximum absolute atomic E-state index is 12.6. The van der Waals surface area contributed by atoms with E-state index in [1.165, 1.54) is 0 Å². The van der Waals surface area contributed by atoms with Crippen LogP contribution < -0.4 is 5.32 Å². The lowest BCUT2D eigenvalue weighted by Gasteiger charge is -2.20. The summed E-state index contributed by atoms with van der Waals surface area (Å²) in [6, 6.07) is 0. The Morgan fingerprint density at radius 1 is 1.33 bits per heavy atom. The minimum Gasteiger partial charge on any atom is -0.444 e. The predicted octanol–water partition coefficient (Wildman–Crippen LogP) is 2.84. The van der Waals surface area contributed by atoms with Crippen molar-refractivity contribution in [2.24, 2.45) is 0 Å². The average Bonchev–Trinajstić information content (AvgIpc) is 2.13. The first-order chi connectivity index (χ1) is 8.09. The summed E-state index contributed by atoms with van der Waals surface area (Å²) in [4.78, 5) is 18.0. The molecule has 1 rings (SSSR count). The fraction of sp³-hybridized carbons (Fsp3) is 0.500. The predicted molar refractivity (Wildman–Crippen MR) is 56.9 cm³/mol. The molecule has 0 aliphatic carbocycles. The number of hydrogen-bond acceptors (Lipinski definition) is 4. The van der Waals surface area contributed by atoms with Gasteiger partial charge in [0.05, 0.1) is 0 Å². The van der Waals surface area contributed by atoms with E-state index in [1.807, 2.05) is 5.32 Å². The van der Waals surface area contributed by atoms with Crippen molar-refractivity contribution < 1.29 is 22.7 Å². The number of carbonyl (C=O) groups is 1. The van der Waals surface area contributed by atoms with Crippen molar-refractivity contribution in [3.05, 3.63) is 18.1 Å². The third-order valence-corrected chi connectivity index (χ3v) is 1.64. The molecule has 0 fully saturated rings. The Morgan fingerprint density at radius 3 is 2.44 bits per heavy atom. The molecule has 1 aromatic heterocycles. The Balaban J connectivity index is 2.89. The molecule has 1 heterocycles. The maximum Gasteiger partial charge on any atom is 0.421 e. The van der Waals surface area contributed by atoms with E-state index in [9.17, 15) is 18.0 Å². The highest BCUT2D eigenvalue weighted by Gasteiger charge is 2.35. The van der Waals surface area contributed by atoms with Gasteiger partial charge in [-0.3, -0.25) is 5.32 Å². The SMILES string of the molecule is CC(C)(C)OC(=O)Nc1ncncc1C(F)(F)F. The molecule has 5 nitrogen and oxygen atoms in total. The first kappa shape index (κ1) is 14.2. The van der Waals surface area contributed by atoms with Gasteiger partial charge >= 0.3 is 12.3 Å². The van der Waals surface area contributed by atoms with E-state index in [1.54, 1.807) is 20.8 Å². The van der Waals surface area contributed by atoms with Crippen molar-refractivity contribution >= 4 is 11.9 Å². The topological polar surface area (TPSA) is 64.1 Å². The Kier molecular flexibility index (Phi) is 3.78. The molecule has 0 saturated heterocycles. The van der Waals surface area contributed by atoms with Crippen molar-refractivity contribution in [2.45, 2.75) is 32.5 Å². The summed E-state index contributed by atoms with van der Waals surface area (Å²) in [7, 11) is 0. The summed E-state index contributed by atoms with van der Waals surface area (Å²) in [5.41, 5.74) is -1.94. The summed E-state index contributed by atoms with van der Waals surface area (Å²) in [5, 5.41) is 1.94. The van der Waals surface area contributed by atoms with Gasteiger partial charge in [0.15, 0.2) is 5.82 Å². The van der Waals surface area contributed by atoms with Crippen LogP contribution in [0.3, 0.4) is 0 Å². The largest absolute Gasteiger partial charge is 0.444 e. The normalized spacial score (nSPS) is 12.1. The summed E-state index contributed by atoms with van der Waals surface area (Å²) >= 11 is 0. The average molecular weight is 263 g/mol. The highest BCUT2D eigenvalue weighted by Crippen LogP contribution is 2.32. The molecule has 1 amide bonds. The minimum absolute atomic E-state index is 0.583. The van der Waals surface area contributed by atoms with Crippen LogP contribution in [0.25, 0.3) is 0 Å². The molecule has 0 unspecified atom stereocenters. The zero-order valence-electron chi connectivity index (χ0n) is 10.00. The molecule has 8 heteroatoms. The third kappa shape index (κ3) is 4.19. The number of amides is 1. The molecular formula is C10H12F3N3O2. The van der Waals surface area contributed by atoms with E-state index < -0.39 is 29.3 Å². The molecule has 0 spiro atoms. The number of aromatic nitrogens is 2. The second-order valence-electron chi connectivity index (χ2n) is 4.41. The highest BCUT2D eigenvalue weighted by atomic mass is 19.4. The molecule has 0 aromatic carbocycles. The lowest BCUT2D eigenvalue weighted by atomic mass is 10.2. The van der Waals surface area contributed by atoms with Crippen LogP contribution in [-0.2, 0) is 10.9 Å². The number of alkyl halides is 3. The van der Waals surface area contributed by atoms with Crippen LogP contribution >= 0.6 is 0 Å². The summed E-state index contributed by atoms with van der Waals surface area (Å²) in [5.74, 6) is -0.633. The standard InChI is InChI=1S/C10H12F3N3O2/c1-9(2,3)18-8(17)16-7-6(10(11,12)13)4-14-5-15-7/h4-5H,1-3H3,(H,14,15,16,17). The number of nitrogens with zero attached hydrogens (tertiary/aromatic N) is 2. The first-order valence-electron chi connectivity index (χ1n) is 4.97. The van der Waals surface area contributed by atoms with Crippen molar-refractivity contribution in [2.75, 3.05) is 5.32 Å². The second-order valence-corrected chi connectivity index (χ2v) is 4.41. The van der Waals surface area contributed by atoms with Crippen molar-refractivity contribution in [3.63, 3.8) is 0 Å². The van der Waals surface area contributed by atoms with E-state index in [0.29, 0.717) is 6.20 Å². The zero-order chi connectivity index (χ0) is 14.0. The van der Waals surface area contributed by atoms with Crippen LogP contribution in [0.5, 0.6) is 0 Å². The molecular weight excluding hydrogens is 251 g/mol. The molecule has 0 radical (unpaired) electrons. The number of anilines is 1. The minimum atomic E-state index is -4.65. The summed E-state index contributed by atoms with van der Waals surface area (Å²) < 4.78 is 42.5. The molecule has 0 atom stereocenters. The van der Waals surface area contributed by atoms with E-state index in [-0.39, 0.29) is 0 Å². The Morgan fingerprint density at radius 2 is 1.94 bits per heavy atom. The number of nitrogens with one attached hydrogen (secondary N) is 1. The van der Waals surface area contributed by atoms with Gasteiger partial charge in [-0.1, -0.05) is 0 Å². The second kappa shape index (κ2) is 4.79. The van der Waals surface area contributed by atoms with Gasteiger partial charge in [-0.25, -0.2) is 14.8 Å². The van der Waals surface area contributed by atoms with Crippen LogP contribution in [-0.4, -0.2) is 21.7 Å². The van der Waals surface area contributed by atoms with E-state index in [2.05, 4.69) is 9.97 Å². The van der Waals surface area contributed by atoms with Crippen LogP contribution in [0, 0.1) is 0 Å². The quantitative estimate of drug-likeness (QED) is 0.846. The third-order valence-electron chi connectivity index (χ3n) is 1.64. The van der Waals surface area contributed by atoms with Crippen LogP contribution in [0.15, 0.2) is 12.5 Å². The van der Waals surface area contributed by atoms with Crippen molar-refractivity contribution in [1.29, 1.82) is 0 Å². The van der Waals surface area contributed by atoms with E-state index >= 15 is 0 Å². The van der Waals surface area contributed by atoms with Gasteiger partial charge < -0.3 is 4.74 Å². The molecule has 18 heavy (non-hydrogen) atoms. The lowest BCUT2D eigenvalue weighted by molar-refractivity contribution is -0.137. The lowest BCUT2D eigenvalue weighted by Crippen LogP contribution is -2.28. The maximum atomic E-state index is 12.6. The highest BCUT2D eigenvalue weighted by molar-refractivity contribution is 5.84. The van der Waals surface area contributed by atoms with Gasteiger partial charge in [-0.05, 0) is 20.8 Å². The molecule has 0 saturated carbocycles. The number of halogens is 3. The van der Waals surface area contributed by atoms with Gasteiger partial charge in [-0.2, -0.15) is 13.2 Å². The van der Waals surface area contributed by atoms with Crippen molar-refractivity contribution in [3.8, 4) is 0 Å². The van der Waals surface area contributed by atoms with Crippen LogP contribution in [0.1, 0.15) is 26.3 Å². The smallest absolute Gasteiger partial charge is 0.421 e. The van der Waals surface area contributed by atoms with Gasteiger partial charge in [-0.15, -0.1) is 0 Å². The molecule has 1 aromatic rings. The van der Waals surface area contributed by atoms with Gasteiger partial charge in [0.25, 0.3) is 0 Å². The van der Waals surface area contributed by atoms with E-state index in [0.717, 1.165) is 6.33 Å². The fourth-order valence-electron chi connectivity index (χ4n) is 1.04. The number of ether oxygens (including phenoxy) is 1. The summed E-state index contributed by atoms with van der Waals surface area (Å²) in [6.07, 6.45) is -4.17. The van der Waals surface area contributed by atoms with Gasteiger partial charge in [0.1, 0.15) is 17.5 Å². The van der Waals surface area contributed by atoms with Crippen LogP contribution in [0.4, 0.5) is 23.8 Å². The Labute approximate surface area is 101 Å². The molecule has 0 bridgehead atoms. The Hall–Kier alpha value is -1.86. The zero-order valence-corrected chi connectivity index (χ0v) is 10.00. The monoisotopic (exact) mass is 263 g/mol. The number of carbonyl (C=O) groups excluding carboxylic acids is 1. The number of rotatable bonds is 1. The molecule has 100 valence electrons. The molecule has 1 N–H and O–H groups in total. The van der Waals surface area contributed by atoms with E-state index in [4.69, 9.17) is 4.74 Å². The van der Waals surface area contributed by atoms with Gasteiger partial charge in [0, 0.05) is 6.20 Å². The van der Waals surface area contributed by atoms with Crippen LogP contribution in [0.2, 0.25) is 0 Å². The Bertz CT molecular complexity index is 441. The fourth-order valence-corrected chi connectivity index (χ4v) is 1.04. The number of hydrogen-bond donors (Lipinski definition) is 1.